The van der Waals surface area contributed by atoms with E-state index >= 15 is 0 Å². The highest BCUT2D eigenvalue weighted by molar-refractivity contribution is 6.04. The predicted octanol–water partition coefficient (Wildman–Crippen LogP) is 2.98. The second kappa shape index (κ2) is 6.43. The number of carbonyl (C=O) groups is 1. The molecule has 1 aromatic heterocycles. The number of carbonyl (C=O) groups excluding carboxylic acids is 1. The largest absolute Gasteiger partial charge is 0.385 e. The zero-order chi connectivity index (χ0) is 15.4. The predicted molar refractivity (Wildman–Crippen MR) is 85.9 cm³/mol. The van der Waals surface area contributed by atoms with Crippen LogP contribution >= 0.6 is 0 Å². The zero-order valence-electron chi connectivity index (χ0n) is 13.0. The molecule has 0 aliphatic rings. The number of amides is 1. The molecule has 0 saturated heterocycles. The fourth-order valence-electron chi connectivity index (χ4n) is 2.29. The Hall–Kier alpha value is -2.30. The van der Waals surface area contributed by atoms with Gasteiger partial charge in [-0.2, -0.15) is 5.10 Å². The molecule has 2 aromatic rings. The highest BCUT2D eigenvalue weighted by Gasteiger charge is 2.12. The summed E-state index contributed by atoms with van der Waals surface area (Å²) >= 11 is 0. The van der Waals surface area contributed by atoms with Crippen LogP contribution in [-0.2, 0) is 13.5 Å². The summed E-state index contributed by atoms with van der Waals surface area (Å²) in [6.45, 7) is 6.93. The molecule has 1 amide bonds. The van der Waals surface area contributed by atoms with Gasteiger partial charge in [-0.25, -0.2) is 0 Å². The standard InChI is InChI=1S/C16H22N4O/c1-5-13-15(10-20(4)19-13)18-16(21)12-7-8-14(17-6-2)11(3)9-12/h7-10,17H,5-6H2,1-4H3,(H,18,21). The van der Waals surface area contributed by atoms with E-state index in [-0.39, 0.29) is 5.91 Å². The van der Waals surface area contributed by atoms with Crippen molar-refractivity contribution in [3.8, 4) is 0 Å². The van der Waals surface area contributed by atoms with Crippen LogP contribution in [0.15, 0.2) is 24.4 Å². The van der Waals surface area contributed by atoms with Gasteiger partial charge < -0.3 is 10.6 Å². The first kappa shape index (κ1) is 15.1. The molecule has 0 spiro atoms. The molecular weight excluding hydrogens is 264 g/mol. The number of nitrogens with one attached hydrogen (secondary N) is 2. The van der Waals surface area contributed by atoms with Crippen molar-refractivity contribution in [2.24, 2.45) is 7.05 Å². The minimum absolute atomic E-state index is 0.108. The molecule has 1 heterocycles. The number of benzene rings is 1. The lowest BCUT2D eigenvalue weighted by Gasteiger charge is -2.10. The van der Waals surface area contributed by atoms with E-state index in [1.807, 2.05) is 45.3 Å². The SMILES string of the molecule is CCNc1ccc(C(=O)Nc2cn(C)nc2CC)cc1C. The quantitative estimate of drug-likeness (QED) is 0.888. The van der Waals surface area contributed by atoms with Crippen molar-refractivity contribution < 1.29 is 4.79 Å². The van der Waals surface area contributed by atoms with Crippen LogP contribution in [0.5, 0.6) is 0 Å². The second-order valence-electron chi connectivity index (χ2n) is 5.03. The minimum Gasteiger partial charge on any atom is -0.385 e. The van der Waals surface area contributed by atoms with E-state index in [4.69, 9.17) is 0 Å². The average Bonchev–Trinajstić information content (AvgIpc) is 2.81. The molecule has 0 bridgehead atoms. The van der Waals surface area contributed by atoms with Crippen LogP contribution < -0.4 is 10.6 Å². The van der Waals surface area contributed by atoms with E-state index in [0.29, 0.717) is 5.56 Å². The van der Waals surface area contributed by atoms with Gasteiger partial charge in [0.05, 0.1) is 11.4 Å². The Labute approximate surface area is 125 Å². The Morgan fingerprint density at radius 1 is 1.29 bits per heavy atom. The van der Waals surface area contributed by atoms with Crippen LogP contribution in [0.2, 0.25) is 0 Å². The highest BCUT2D eigenvalue weighted by Crippen LogP contribution is 2.19. The van der Waals surface area contributed by atoms with Gasteiger partial charge in [-0.15, -0.1) is 0 Å². The number of aromatic nitrogens is 2. The van der Waals surface area contributed by atoms with Gasteiger partial charge in [-0.05, 0) is 44.0 Å². The summed E-state index contributed by atoms with van der Waals surface area (Å²) in [5.41, 5.74) is 4.45. The number of aryl methyl sites for hydroxylation is 3. The molecule has 0 aliphatic heterocycles. The molecule has 5 nitrogen and oxygen atoms in total. The van der Waals surface area contributed by atoms with Crippen LogP contribution in [0.25, 0.3) is 0 Å². The van der Waals surface area contributed by atoms with Gasteiger partial charge in [0.25, 0.3) is 5.91 Å². The summed E-state index contributed by atoms with van der Waals surface area (Å²) in [6.07, 6.45) is 2.62. The number of rotatable bonds is 5. The molecular formula is C16H22N4O. The number of hydrogen-bond acceptors (Lipinski definition) is 3. The van der Waals surface area contributed by atoms with Crippen LogP contribution in [0, 0.1) is 6.92 Å². The van der Waals surface area contributed by atoms with Gasteiger partial charge in [-0.3, -0.25) is 9.48 Å². The van der Waals surface area contributed by atoms with E-state index in [0.717, 1.165) is 35.6 Å². The summed E-state index contributed by atoms with van der Waals surface area (Å²) < 4.78 is 1.72. The summed E-state index contributed by atoms with van der Waals surface area (Å²) in [5.74, 6) is -0.108. The molecule has 0 radical (unpaired) electrons. The van der Waals surface area contributed by atoms with Crippen molar-refractivity contribution in [2.45, 2.75) is 27.2 Å². The lowest BCUT2D eigenvalue weighted by Crippen LogP contribution is -2.13. The summed E-state index contributed by atoms with van der Waals surface area (Å²) in [6, 6.07) is 5.68. The van der Waals surface area contributed by atoms with Crippen LogP contribution in [-0.4, -0.2) is 22.2 Å². The van der Waals surface area contributed by atoms with E-state index in [9.17, 15) is 4.79 Å². The molecule has 0 atom stereocenters. The molecule has 21 heavy (non-hydrogen) atoms. The van der Waals surface area contributed by atoms with Crippen molar-refractivity contribution in [2.75, 3.05) is 17.2 Å². The van der Waals surface area contributed by atoms with Crippen molar-refractivity contribution in [1.29, 1.82) is 0 Å². The molecule has 5 heteroatoms. The maximum Gasteiger partial charge on any atom is 0.255 e. The third-order valence-corrected chi connectivity index (χ3v) is 3.34. The highest BCUT2D eigenvalue weighted by atomic mass is 16.1. The number of nitrogens with zero attached hydrogens (tertiary/aromatic N) is 2. The van der Waals surface area contributed by atoms with Crippen LogP contribution in [0.4, 0.5) is 11.4 Å². The minimum atomic E-state index is -0.108. The smallest absolute Gasteiger partial charge is 0.255 e. The van der Waals surface area contributed by atoms with Gasteiger partial charge in [0.15, 0.2) is 0 Å². The van der Waals surface area contributed by atoms with Gasteiger partial charge in [0, 0.05) is 31.0 Å². The van der Waals surface area contributed by atoms with E-state index in [2.05, 4.69) is 22.7 Å². The lowest BCUT2D eigenvalue weighted by molar-refractivity contribution is 0.102. The summed E-state index contributed by atoms with van der Waals surface area (Å²) in [7, 11) is 1.85. The monoisotopic (exact) mass is 286 g/mol. The van der Waals surface area contributed by atoms with Gasteiger partial charge >= 0.3 is 0 Å². The molecule has 0 aliphatic carbocycles. The normalized spacial score (nSPS) is 10.5. The van der Waals surface area contributed by atoms with Gasteiger partial charge in [0.2, 0.25) is 0 Å². The maximum absolute atomic E-state index is 12.3. The maximum atomic E-state index is 12.3. The Morgan fingerprint density at radius 2 is 2.05 bits per heavy atom. The average molecular weight is 286 g/mol. The van der Waals surface area contributed by atoms with Crippen molar-refractivity contribution in [1.82, 2.24) is 9.78 Å². The number of anilines is 2. The molecule has 112 valence electrons. The number of hydrogen-bond donors (Lipinski definition) is 2. The summed E-state index contributed by atoms with van der Waals surface area (Å²) in [4.78, 5) is 12.3. The molecule has 2 rings (SSSR count). The van der Waals surface area contributed by atoms with Crippen molar-refractivity contribution in [3.63, 3.8) is 0 Å². The Kier molecular flexibility index (Phi) is 4.62. The Bertz CT molecular complexity index is 646. The first-order valence-corrected chi connectivity index (χ1v) is 7.23. The third-order valence-electron chi connectivity index (χ3n) is 3.34. The van der Waals surface area contributed by atoms with Gasteiger partial charge in [0.1, 0.15) is 0 Å². The third kappa shape index (κ3) is 3.42. The molecule has 0 unspecified atom stereocenters. The van der Waals surface area contributed by atoms with Crippen molar-refractivity contribution >= 4 is 17.3 Å². The first-order chi connectivity index (χ1) is 10.0. The fourth-order valence-corrected chi connectivity index (χ4v) is 2.29. The molecule has 0 fully saturated rings. The molecule has 2 N–H and O–H groups in total. The zero-order valence-corrected chi connectivity index (χ0v) is 13.0. The first-order valence-electron chi connectivity index (χ1n) is 7.23. The van der Waals surface area contributed by atoms with Crippen LogP contribution in [0.3, 0.4) is 0 Å². The van der Waals surface area contributed by atoms with E-state index in [1.54, 1.807) is 4.68 Å². The van der Waals surface area contributed by atoms with Gasteiger partial charge in [-0.1, -0.05) is 6.92 Å². The van der Waals surface area contributed by atoms with Crippen LogP contribution in [0.1, 0.15) is 35.5 Å². The van der Waals surface area contributed by atoms with E-state index in [1.165, 1.54) is 0 Å². The Morgan fingerprint density at radius 3 is 2.67 bits per heavy atom. The van der Waals surface area contributed by atoms with E-state index < -0.39 is 0 Å². The lowest BCUT2D eigenvalue weighted by atomic mass is 10.1. The molecule has 0 saturated carbocycles. The molecule has 1 aromatic carbocycles. The Balaban J connectivity index is 2.18. The second-order valence-corrected chi connectivity index (χ2v) is 5.03. The van der Waals surface area contributed by atoms with Crippen molar-refractivity contribution in [3.05, 3.63) is 41.2 Å². The topological polar surface area (TPSA) is 59.0 Å². The fraction of sp³-hybridized carbons (Fsp3) is 0.375. The summed E-state index contributed by atoms with van der Waals surface area (Å²) in [5, 5.41) is 10.5.